The first-order valence-corrected chi connectivity index (χ1v) is 5.28. The Morgan fingerprint density at radius 3 is 2.88 bits per heavy atom. The zero-order chi connectivity index (χ0) is 12.1. The molecule has 1 amide bonds. The number of carbonyl (C=O) groups is 1. The summed E-state index contributed by atoms with van der Waals surface area (Å²) < 4.78 is 4.91. The molecule has 1 aromatic rings. The summed E-state index contributed by atoms with van der Waals surface area (Å²) in [6, 6.07) is 4.74. The first kappa shape index (κ1) is 12.6. The number of carbonyl (C=O) groups excluding carboxylic acids is 1. The number of hydrogen-bond donors (Lipinski definition) is 2. The van der Waals surface area contributed by atoms with Crippen LogP contribution in [0.5, 0.6) is 11.5 Å². The Bertz CT molecular complexity index is 379. The minimum atomic E-state index is -0.371. The molecule has 16 heavy (non-hydrogen) atoms. The molecule has 1 unspecified atom stereocenters. The van der Waals surface area contributed by atoms with Crippen LogP contribution in [0.25, 0.3) is 0 Å². The number of phenolic OH excluding ortho intramolecular Hbond substituents is 1. The van der Waals surface area contributed by atoms with Crippen molar-refractivity contribution >= 4 is 17.5 Å². The van der Waals surface area contributed by atoms with E-state index in [1.165, 1.54) is 13.2 Å². The summed E-state index contributed by atoms with van der Waals surface area (Å²) in [7, 11) is 1.43. The van der Waals surface area contributed by atoms with Crippen LogP contribution in [0.15, 0.2) is 18.2 Å². The van der Waals surface area contributed by atoms with Crippen molar-refractivity contribution in [1.82, 2.24) is 5.32 Å². The number of aromatic hydroxyl groups is 1. The summed E-state index contributed by atoms with van der Waals surface area (Å²) in [6.45, 7) is 2.12. The van der Waals surface area contributed by atoms with Gasteiger partial charge in [-0.3, -0.25) is 4.79 Å². The molecule has 0 aliphatic carbocycles. The van der Waals surface area contributed by atoms with Crippen molar-refractivity contribution in [2.45, 2.75) is 12.3 Å². The Hall–Kier alpha value is -1.42. The van der Waals surface area contributed by atoms with E-state index in [0.717, 1.165) is 0 Å². The standard InChI is InChI=1S/C11H14ClNO3/c1-7(12)6-13-11(15)8-4-3-5-9(16-2)10(8)14/h3-5,7,14H,6H2,1-2H3,(H,13,15). The highest BCUT2D eigenvalue weighted by Gasteiger charge is 2.14. The number of halogens is 1. The maximum Gasteiger partial charge on any atom is 0.255 e. The maximum absolute atomic E-state index is 11.7. The van der Waals surface area contributed by atoms with Crippen molar-refractivity contribution in [3.05, 3.63) is 23.8 Å². The minimum absolute atomic E-state index is 0.156. The normalized spacial score (nSPS) is 11.9. The van der Waals surface area contributed by atoms with E-state index < -0.39 is 0 Å². The number of benzene rings is 1. The van der Waals surface area contributed by atoms with E-state index in [1.54, 1.807) is 19.1 Å². The van der Waals surface area contributed by atoms with Gasteiger partial charge >= 0.3 is 0 Å². The second-order valence-electron chi connectivity index (χ2n) is 3.35. The van der Waals surface area contributed by atoms with E-state index in [9.17, 15) is 9.90 Å². The van der Waals surface area contributed by atoms with Crippen LogP contribution in [0.2, 0.25) is 0 Å². The molecular weight excluding hydrogens is 230 g/mol. The molecule has 0 aliphatic heterocycles. The Balaban J connectivity index is 2.83. The summed E-state index contributed by atoms with van der Waals surface area (Å²) in [4.78, 5) is 11.7. The lowest BCUT2D eigenvalue weighted by atomic mass is 10.1. The largest absolute Gasteiger partial charge is 0.504 e. The first-order chi connectivity index (χ1) is 7.56. The third kappa shape index (κ3) is 3.03. The van der Waals surface area contributed by atoms with Gasteiger partial charge in [-0.05, 0) is 19.1 Å². The quantitative estimate of drug-likeness (QED) is 0.793. The van der Waals surface area contributed by atoms with Gasteiger partial charge in [0.05, 0.1) is 12.7 Å². The number of amides is 1. The van der Waals surface area contributed by atoms with Crippen molar-refractivity contribution in [2.24, 2.45) is 0 Å². The molecule has 0 fully saturated rings. The van der Waals surface area contributed by atoms with Crippen LogP contribution in [-0.4, -0.2) is 30.0 Å². The smallest absolute Gasteiger partial charge is 0.255 e. The average molecular weight is 244 g/mol. The van der Waals surface area contributed by atoms with Crippen LogP contribution in [0.3, 0.4) is 0 Å². The highest BCUT2D eigenvalue weighted by molar-refractivity contribution is 6.20. The van der Waals surface area contributed by atoms with E-state index in [4.69, 9.17) is 16.3 Å². The number of alkyl halides is 1. The van der Waals surface area contributed by atoms with E-state index >= 15 is 0 Å². The molecule has 2 N–H and O–H groups in total. The number of para-hydroxylation sites is 1. The predicted molar refractivity (Wildman–Crippen MR) is 62.3 cm³/mol. The molecule has 5 heteroatoms. The van der Waals surface area contributed by atoms with E-state index in [1.807, 2.05) is 0 Å². The summed E-state index contributed by atoms with van der Waals surface area (Å²) in [5.74, 6) is -0.264. The lowest BCUT2D eigenvalue weighted by Crippen LogP contribution is -2.28. The molecule has 0 radical (unpaired) electrons. The lowest BCUT2D eigenvalue weighted by molar-refractivity contribution is 0.0950. The molecule has 0 aromatic heterocycles. The van der Waals surface area contributed by atoms with Crippen LogP contribution >= 0.6 is 11.6 Å². The van der Waals surface area contributed by atoms with Crippen LogP contribution in [0.1, 0.15) is 17.3 Å². The third-order valence-corrected chi connectivity index (χ3v) is 2.16. The zero-order valence-corrected chi connectivity index (χ0v) is 9.91. The molecule has 0 aliphatic rings. The fraction of sp³-hybridized carbons (Fsp3) is 0.364. The number of methoxy groups -OCH3 is 1. The molecule has 0 bridgehead atoms. The molecule has 0 spiro atoms. The topological polar surface area (TPSA) is 58.6 Å². The van der Waals surface area contributed by atoms with Crippen molar-refractivity contribution in [2.75, 3.05) is 13.7 Å². The van der Waals surface area contributed by atoms with Gasteiger partial charge in [0.25, 0.3) is 5.91 Å². The van der Waals surface area contributed by atoms with Gasteiger partial charge in [-0.1, -0.05) is 6.07 Å². The average Bonchev–Trinajstić information content (AvgIpc) is 2.26. The summed E-state index contributed by atoms with van der Waals surface area (Å²) in [5, 5.41) is 12.2. The summed E-state index contributed by atoms with van der Waals surface area (Å²) >= 11 is 5.71. The second-order valence-corrected chi connectivity index (χ2v) is 4.09. The van der Waals surface area contributed by atoms with E-state index in [0.29, 0.717) is 6.54 Å². The molecule has 88 valence electrons. The van der Waals surface area contributed by atoms with Gasteiger partial charge in [-0.2, -0.15) is 0 Å². The number of phenols is 1. The Kier molecular flexibility index (Phi) is 4.43. The van der Waals surface area contributed by atoms with Gasteiger partial charge in [0.2, 0.25) is 0 Å². The summed E-state index contributed by atoms with van der Waals surface area (Å²) in [6.07, 6.45) is 0. The predicted octanol–water partition coefficient (Wildman–Crippen LogP) is 1.76. The monoisotopic (exact) mass is 243 g/mol. The van der Waals surface area contributed by atoms with Gasteiger partial charge in [0, 0.05) is 11.9 Å². The Labute approximate surface area is 99.2 Å². The van der Waals surface area contributed by atoms with Gasteiger partial charge in [-0.25, -0.2) is 0 Å². The van der Waals surface area contributed by atoms with Gasteiger partial charge in [0.1, 0.15) is 0 Å². The fourth-order valence-corrected chi connectivity index (χ4v) is 1.28. The second kappa shape index (κ2) is 5.61. The molecular formula is C11H14ClNO3. The molecule has 0 saturated heterocycles. The van der Waals surface area contributed by atoms with Gasteiger partial charge in [0.15, 0.2) is 11.5 Å². The molecule has 1 rings (SSSR count). The van der Waals surface area contributed by atoms with Crippen LogP contribution < -0.4 is 10.1 Å². The number of nitrogens with one attached hydrogen (secondary N) is 1. The third-order valence-electron chi connectivity index (χ3n) is 2.01. The molecule has 4 nitrogen and oxygen atoms in total. The SMILES string of the molecule is COc1cccc(C(=O)NCC(C)Cl)c1O. The van der Waals surface area contributed by atoms with Gasteiger partial charge < -0.3 is 15.2 Å². The van der Waals surface area contributed by atoms with Crippen LogP contribution in [-0.2, 0) is 0 Å². The molecule has 1 atom stereocenters. The van der Waals surface area contributed by atoms with E-state index in [2.05, 4.69) is 5.32 Å². The van der Waals surface area contributed by atoms with Gasteiger partial charge in [-0.15, -0.1) is 11.6 Å². The van der Waals surface area contributed by atoms with Crippen molar-refractivity contribution < 1.29 is 14.6 Å². The first-order valence-electron chi connectivity index (χ1n) is 4.84. The Morgan fingerprint density at radius 2 is 2.31 bits per heavy atom. The molecule has 0 heterocycles. The van der Waals surface area contributed by atoms with Crippen molar-refractivity contribution in [3.8, 4) is 11.5 Å². The maximum atomic E-state index is 11.7. The highest BCUT2D eigenvalue weighted by Crippen LogP contribution is 2.29. The fourth-order valence-electron chi connectivity index (χ4n) is 1.20. The number of ether oxygens (including phenoxy) is 1. The number of hydrogen-bond acceptors (Lipinski definition) is 3. The Morgan fingerprint density at radius 1 is 1.62 bits per heavy atom. The molecule has 0 saturated carbocycles. The van der Waals surface area contributed by atoms with Crippen LogP contribution in [0, 0.1) is 0 Å². The summed E-state index contributed by atoms with van der Waals surface area (Å²) in [5.41, 5.74) is 0.177. The lowest BCUT2D eigenvalue weighted by Gasteiger charge is -2.09. The van der Waals surface area contributed by atoms with Crippen molar-refractivity contribution in [1.29, 1.82) is 0 Å². The number of rotatable bonds is 4. The van der Waals surface area contributed by atoms with Crippen molar-refractivity contribution in [3.63, 3.8) is 0 Å². The van der Waals surface area contributed by atoms with Crippen LogP contribution in [0.4, 0.5) is 0 Å². The highest BCUT2D eigenvalue weighted by atomic mass is 35.5. The molecule has 1 aromatic carbocycles. The minimum Gasteiger partial charge on any atom is -0.504 e. The van der Waals surface area contributed by atoms with E-state index in [-0.39, 0.29) is 28.3 Å². The zero-order valence-electron chi connectivity index (χ0n) is 9.16.